The molecule has 1 heteroatoms. The van der Waals surface area contributed by atoms with Crippen molar-refractivity contribution in [3.63, 3.8) is 0 Å². The second-order valence-corrected chi connectivity index (χ2v) is 13.1. The van der Waals surface area contributed by atoms with Crippen LogP contribution in [0.5, 0.6) is 0 Å². The van der Waals surface area contributed by atoms with E-state index in [-0.39, 0.29) is 28.7 Å². The molecule has 0 bridgehead atoms. The van der Waals surface area contributed by atoms with Gasteiger partial charge in [0.25, 0.3) is 0 Å². The van der Waals surface area contributed by atoms with Crippen LogP contribution in [-0.2, 0) is 5.41 Å². The van der Waals surface area contributed by atoms with Crippen LogP contribution in [0.2, 0.25) is 0 Å². The topological polar surface area (TPSA) is 4.93 Å². The number of benzene rings is 5. The summed E-state index contributed by atoms with van der Waals surface area (Å²) in [5, 5.41) is 2.65. The first-order chi connectivity index (χ1) is 21.6. The second kappa shape index (κ2) is 9.31. The summed E-state index contributed by atoms with van der Waals surface area (Å²) in [4.78, 5) is 0. The first-order valence-electron chi connectivity index (χ1n) is 15.9. The van der Waals surface area contributed by atoms with Crippen LogP contribution in [0.3, 0.4) is 0 Å². The summed E-state index contributed by atoms with van der Waals surface area (Å²) < 4.78 is 2.60. The zero-order valence-corrected chi connectivity index (χ0v) is 25.2. The van der Waals surface area contributed by atoms with Gasteiger partial charge in [-0.15, -0.1) is 0 Å². The zero-order valence-electron chi connectivity index (χ0n) is 25.2. The molecule has 1 aromatic heterocycles. The minimum atomic E-state index is -0.354. The van der Waals surface area contributed by atoms with Crippen molar-refractivity contribution in [1.82, 2.24) is 4.57 Å². The summed E-state index contributed by atoms with van der Waals surface area (Å²) in [5.41, 5.74) is 10.6. The number of para-hydroxylation sites is 2. The third-order valence-corrected chi connectivity index (χ3v) is 11.1. The number of rotatable bonds is 3. The lowest BCUT2D eigenvalue weighted by atomic mass is 9.53. The van der Waals surface area contributed by atoms with Crippen LogP contribution in [0.15, 0.2) is 152 Å². The fraction of sp³-hybridized carbons (Fsp3) is 0.163. The van der Waals surface area contributed by atoms with E-state index in [1.165, 1.54) is 55.2 Å². The molecular formula is C43H35N. The monoisotopic (exact) mass is 565 g/mol. The van der Waals surface area contributed by atoms with Crippen molar-refractivity contribution < 1.29 is 0 Å². The van der Waals surface area contributed by atoms with Crippen molar-refractivity contribution in [2.45, 2.75) is 37.1 Å². The Morgan fingerprint density at radius 3 is 1.84 bits per heavy atom. The standard InChI is InChI=1S/C43H35N/c1-29-37(44-38-22-11-9-19-33(38)34-20-10-12-23-39(34)44)27-25-30-24-26-35-36-21-13-14-28-42(36,2)43(41(35)40(29)30,31-15-5-3-6-16-31)32-17-7-4-8-18-32/h3-29,36-37H,1-2H3. The van der Waals surface area contributed by atoms with E-state index in [1.54, 1.807) is 0 Å². The van der Waals surface area contributed by atoms with Crippen molar-refractivity contribution in [2.24, 2.45) is 5.41 Å². The summed E-state index contributed by atoms with van der Waals surface area (Å²) in [6, 6.07) is 45.5. The molecule has 0 radical (unpaired) electrons. The van der Waals surface area contributed by atoms with Crippen molar-refractivity contribution >= 4 is 27.9 Å². The minimum Gasteiger partial charge on any atom is -0.333 e. The molecule has 1 heterocycles. The molecule has 0 aliphatic heterocycles. The van der Waals surface area contributed by atoms with E-state index in [4.69, 9.17) is 0 Å². The van der Waals surface area contributed by atoms with Gasteiger partial charge < -0.3 is 4.57 Å². The minimum absolute atomic E-state index is 0.175. The highest BCUT2D eigenvalue weighted by Gasteiger charge is 2.61. The van der Waals surface area contributed by atoms with Crippen LogP contribution in [0.1, 0.15) is 65.1 Å². The van der Waals surface area contributed by atoms with Gasteiger partial charge in [-0.25, -0.2) is 0 Å². The lowest BCUT2D eigenvalue weighted by Crippen LogP contribution is -2.44. The molecule has 0 amide bonds. The SMILES string of the molecule is CC1c2c(ccc3c2C(c2ccccc2)(c2ccccc2)C2(C)C=CC=CC32)C=CC1n1c2ccccc2c2ccccc21. The van der Waals surface area contributed by atoms with E-state index in [0.29, 0.717) is 0 Å². The Morgan fingerprint density at radius 1 is 0.614 bits per heavy atom. The molecule has 3 aliphatic carbocycles. The average molecular weight is 566 g/mol. The van der Waals surface area contributed by atoms with Crippen molar-refractivity contribution in [3.8, 4) is 0 Å². The molecule has 0 N–H and O–H groups in total. The van der Waals surface area contributed by atoms with Gasteiger partial charge in [-0.3, -0.25) is 0 Å². The second-order valence-electron chi connectivity index (χ2n) is 13.1. The number of aromatic nitrogens is 1. The number of fused-ring (bicyclic) bond motifs is 8. The summed E-state index contributed by atoms with van der Waals surface area (Å²) in [5.74, 6) is 0.533. The molecule has 5 aromatic carbocycles. The highest BCUT2D eigenvalue weighted by Crippen LogP contribution is 2.68. The van der Waals surface area contributed by atoms with Crippen LogP contribution in [0.4, 0.5) is 0 Å². The summed E-state index contributed by atoms with van der Waals surface area (Å²) in [6.07, 6.45) is 14.3. The third-order valence-electron chi connectivity index (χ3n) is 11.1. The molecule has 1 nitrogen and oxygen atoms in total. The van der Waals surface area contributed by atoms with Crippen molar-refractivity contribution in [2.75, 3.05) is 0 Å². The molecule has 0 spiro atoms. The van der Waals surface area contributed by atoms with E-state index < -0.39 is 0 Å². The fourth-order valence-corrected chi connectivity index (χ4v) is 9.33. The smallest absolute Gasteiger partial charge is 0.0592 e. The van der Waals surface area contributed by atoms with Crippen LogP contribution < -0.4 is 0 Å². The average Bonchev–Trinajstić information content (AvgIpc) is 3.53. The van der Waals surface area contributed by atoms with Gasteiger partial charge in [0.05, 0.1) is 11.5 Å². The Balaban J connectivity index is 1.38. The van der Waals surface area contributed by atoms with E-state index in [2.05, 4.69) is 176 Å². The Kier molecular flexibility index (Phi) is 5.42. The van der Waals surface area contributed by atoms with Gasteiger partial charge in [0.2, 0.25) is 0 Å². The Morgan fingerprint density at radius 2 is 1.20 bits per heavy atom. The van der Waals surface area contributed by atoms with Crippen LogP contribution in [-0.4, -0.2) is 4.57 Å². The highest BCUT2D eigenvalue weighted by atomic mass is 15.0. The lowest BCUT2D eigenvalue weighted by Gasteiger charge is -2.48. The number of hydrogen-bond donors (Lipinski definition) is 0. The molecular weight excluding hydrogens is 530 g/mol. The molecule has 9 rings (SSSR count). The van der Waals surface area contributed by atoms with Crippen LogP contribution in [0, 0.1) is 5.41 Å². The molecule has 0 saturated carbocycles. The van der Waals surface area contributed by atoms with Crippen LogP contribution >= 0.6 is 0 Å². The van der Waals surface area contributed by atoms with E-state index in [9.17, 15) is 0 Å². The van der Waals surface area contributed by atoms with E-state index >= 15 is 0 Å². The van der Waals surface area contributed by atoms with Gasteiger partial charge in [0.15, 0.2) is 0 Å². The van der Waals surface area contributed by atoms with Gasteiger partial charge in [-0.05, 0) is 45.5 Å². The van der Waals surface area contributed by atoms with Gasteiger partial charge in [-0.1, -0.05) is 159 Å². The predicted molar refractivity (Wildman–Crippen MR) is 184 cm³/mol. The molecule has 4 atom stereocenters. The van der Waals surface area contributed by atoms with Gasteiger partial charge in [0, 0.05) is 39.1 Å². The summed E-state index contributed by atoms with van der Waals surface area (Å²) in [6.45, 7) is 4.96. The maximum absolute atomic E-state index is 2.60. The number of nitrogens with zero attached hydrogens (tertiary/aromatic N) is 1. The molecule has 0 fully saturated rings. The third kappa shape index (κ3) is 3.14. The molecule has 6 aromatic rings. The molecule has 44 heavy (non-hydrogen) atoms. The first kappa shape index (κ1) is 25.6. The van der Waals surface area contributed by atoms with Gasteiger partial charge in [-0.2, -0.15) is 0 Å². The summed E-state index contributed by atoms with van der Waals surface area (Å²) in [7, 11) is 0. The maximum Gasteiger partial charge on any atom is 0.0592 e. The quantitative estimate of drug-likeness (QED) is 0.201. The van der Waals surface area contributed by atoms with Gasteiger partial charge in [0.1, 0.15) is 0 Å². The molecule has 3 aliphatic rings. The van der Waals surface area contributed by atoms with E-state index in [0.717, 1.165) is 0 Å². The predicted octanol–water partition coefficient (Wildman–Crippen LogP) is 10.7. The molecule has 4 unspecified atom stereocenters. The first-order valence-corrected chi connectivity index (χ1v) is 15.9. The number of allylic oxidation sites excluding steroid dienone is 5. The molecule has 0 saturated heterocycles. The van der Waals surface area contributed by atoms with Crippen molar-refractivity contribution in [3.05, 3.63) is 185 Å². The fourth-order valence-electron chi connectivity index (χ4n) is 9.33. The van der Waals surface area contributed by atoms with Gasteiger partial charge >= 0.3 is 0 Å². The van der Waals surface area contributed by atoms with Crippen LogP contribution in [0.25, 0.3) is 27.9 Å². The van der Waals surface area contributed by atoms with Crippen molar-refractivity contribution in [1.29, 1.82) is 0 Å². The van der Waals surface area contributed by atoms with E-state index in [1.807, 2.05) is 0 Å². The number of hydrogen-bond acceptors (Lipinski definition) is 0. The summed E-state index contributed by atoms with van der Waals surface area (Å²) >= 11 is 0. The molecule has 212 valence electrons. The highest BCUT2D eigenvalue weighted by molar-refractivity contribution is 6.08. The Hall–Kier alpha value is -4.88. The lowest BCUT2D eigenvalue weighted by molar-refractivity contribution is 0.287. The largest absolute Gasteiger partial charge is 0.333 e. The Bertz CT molecular complexity index is 2070. The normalized spacial score (nSPS) is 24.4. The Labute approximate surface area is 259 Å². The zero-order chi connectivity index (χ0) is 29.5. The maximum atomic E-state index is 2.60.